The van der Waals surface area contributed by atoms with E-state index in [2.05, 4.69) is 47.3 Å². The predicted octanol–water partition coefficient (Wildman–Crippen LogP) is 0.549. The highest BCUT2D eigenvalue weighted by atomic mass is 79.9. The van der Waals surface area contributed by atoms with Crippen LogP contribution < -0.4 is 5.32 Å². The first-order valence-electron chi connectivity index (χ1n) is 3.10. The van der Waals surface area contributed by atoms with E-state index in [4.69, 9.17) is 0 Å². The molecule has 0 bridgehead atoms. The molecule has 0 saturated carbocycles. The third kappa shape index (κ3) is 2.28. The molecule has 0 spiro atoms. The third-order valence-electron chi connectivity index (χ3n) is 1.17. The normalized spacial score (nSPS) is 9.92. The Bertz CT molecular complexity index is 298. The molecular formula is C5H6Br2N4O. The number of halogens is 2. The van der Waals surface area contributed by atoms with Gasteiger partial charge in [0.1, 0.15) is 6.54 Å². The summed E-state index contributed by atoms with van der Waals surface area (Å²) in [5.74, 6) is -0.117. The maximum Gasteiger partial charge on any atom is 0.241 e. The summed E-state index contributed by atoms with van der Waals surface area (Å²) in [5, 5.41) is 6.40. The van der Waals surface area contributed by atoms with Gasteiger partial charge in [0.25, 0.3) is 0 Å². The zero-order chi connectivity index (χ0) is 9.14. The van der Waals surface area contributed by atoms with Crippen molar-refractivity contribution < 1.29 is 4.79 Å². The maximum atomic E-state index is 10.9. The summed E-state index contributed by atoms with van der Waals surface area (Å²) in [7, 11) is 1.57. The lowest BCUT2D eigenvalue weighted by atomic mass is 10.6. The number of aromatic nitrogens is 3. The topological polar surface area (TPSA) is 59.8 Å². The first kappa shape index (κ1) is 9.66. The molecule has 1 rings (SSSR count). The van der Waals surface area contributed by atoms with Crippen LogP contribution >= 0.6 is 31.9 Å². The second-order valence-corrected chi connectivity index (χ2v) is 3.40. The minimum absolute atomic E-state index is 0.117. The Balaban J connectivity index is 2.75. The highest BCUT2D eigenvalue weighted by Crippen LogP contribution is 2.10. The Labute approximate surface area is 85.8 Å². The predicted molar refractivity (Wildman–Crippen MR) is 49.5 cm³/mol. The van der Waals surface area contributed by atoms with E-state index < -0.39 is 0 Å². The van der Waals surface area contributed by atoms with Crippen molar-refractivity contribution in [3.63, 3.8) is 0 Å². The average molecular weight is 298 g/mol. The van der Waals surface area contributed by atoms with Gasteiger partial charge in [-0.1, -0.05) is 0 Å². The highest BCUT2D eigenvalue weighted by molar-refractivity contribution is 9.11. The van der Waals surface area contributed by atoms with Gasteiger partial charge < -0.3 is 5.32 Å². The van der Waals surface area contributed by atoms with Crippen LogP contribution in [0.15, 0.2) is 9.47 Å². The molecule has 66 valence electrons. The number of nitrogens with one attached hydrogen (secondary N) is 1. The van der Waals surface area contributed by atoms with E-state index in [0.717, 1.165) is 0 Å². The summed E-state index contributed by atoms with van der Waals surface area (Å²) in [4.78, 5) is 14.8. The van der Waals surface area contributed by atoms with Crippen LogP contribution in [0.5, 0.6) is 0 Å². The van der Waals surface area contributed by atoms with Crippen LogP contribution in [0.1, 0.15) is 0 Å². The summed E-state index contributed by atoms with van der Waals surface area (Å²) in [6.07, 6.45) is 0. The fourth-order valence-electron chi connectivity index (χ4n) is 0.613. The number of amides is 1. The zero-order valence-electron chi connectivity index (χ0n) is 6.21. The van der Waals surface area contributed by atoms with Crippen LogP contribution in [-0.4, -0.2) is 27.7 Å². The van der Waals surface area contributed by atoms with Crippen LogP contribution in [0.4, 0.5) is 0 Å². The Kier molecular flexibility index (Phi) is 3.21. The third-order valence-corrected chi connectivity index (χ3v) is 2.10. The molecule has 1 amide bonds. The van der Waals surface area contributed by atoms with E-state index in [-0.39, 0.29) is 12.5 Å². The van der Waals surface area contributed by atoms with E-state index >= 15 is 0 Å². The van der Waals surface area contributed by atoms with Crippen molar-refractivity contribution in [3.05, 3.63) is 9.47 Å². The molecule has 0 atom stereocenters. The van der Waals surface area contributed by atoms with Crippen LogP contribution in [0, 0.1) is 0 Å². The fraction of sp³-hybridized carbons (Fsp3) is 0.400. The summed E-state index contributed by atoms with van der Waals surface area (Å²) >= 11 is 6.24. The van der Waals surface area contributed by atoms with Gasteiger partial charge in [-0.05, 0) is 31.9 Å². The molecule has 1 aromatic rings. The summed E-state index contributed by atoms with van der Waals surface area (Å²) in [6.45, 7) is 0.162. The van der Waals surface area contributed by atoms with Crippen molar-refractivity contribution in [2.24, 2.45) is 0 Å². The number of hydrogen-bond donors (Lipinski definition) is 1. The number of carbonyl (C=O) groups excluding carboxylic acids is 1. The van der Waals surface area contributed by atoms with Gasteiger partial charge in [0.2, 0.25) is 10.6 Å². The van der Waals surface area contributed by atoms with Crippen LogP contribution in [-0.2, 0) is 11.3 Å². The summed E-state index contributed by atoms with van der Waals surface area (Å²) in [5.41, 5.74) is 0. The Morgan fingerprint density at radius 1 is 1.67 bits per heavy atom. The van der Waals surface area contributed by atoms with Gasteiger partial charge in [-0.2, -0.15) is 4.98 Å². The quantitative estimate of drug-likeness (QED) is 0.867. The van der Waals surface area contributed by atoms with Crippen molar-refractivity contribution in [3.8, 4) is 0 Å². The van der Waals surface area contributed by atoms with Gasteiger partial charge >= 0.3 is 0 Å². The molecule has 1 N–H and O–H groups in total. The number of likely N-dealkylation sites (N-methyl/N-ethyl adjacent to an activating group) is 1. The first-order chi connectivity index (χ1) is 5.63. The van der Waals surface area contributed by atoms with E-state index in [1.807, 2.05) is 0 Å². The second kappa shape index (κ2) is 3.99. The number of carbonyl (C=O) groups is 1. The number of hydrogen-bond acceptors (Lipinski definition) is 3. The molecule has 0 aliphatic heterocycles. The van der Waals surface area contributed by atoms with Crippen LogP contribution in [0.2, 0.25) is 0 Å². The maximum absolute atomic E-state index is 10.9. The van der Waals surface area contributed by atoms with E-state index in [1.165, 1.54) is 4.68 Å². The molecule has 7 heteroatoms. The summed E-state index contributed by atoms with van der Waals surface area (Å²) < 4.78 is 2.43. The molecule has 1 aromatic heterocycles. The van der Waals surface area contributed by atoms with Gasteiger partial charge in [-0.3, -0.25) is 4.79 Å². The van der Waals surface area contributed by atoms with Gasteiger partial charge in [-0.15, -0.1) is 5.10 Å². The molecule has 0 fully saturated rings. The first-order valence-corrected chi connectivity index (χ1v) is 4.68. The Morgan fingerprint density at radius 2 is 2.33 bits per heavy atom. The average Bonchev–Trinajstić information content (AvgIpc) is 2.30. The molecule has 12 heavy (non-hydrogen) atoms. The smallest absolute Gasteiger partial charge is 0.241 e. The largest absolute Gasteiger partial charge is 0.358 e. The van der Waals surface area contributed by atoms with Gasteiger partial charge in [-0.25, -0.2) is 4.68 Å². The van der Waals surface area contributed by atoms with Crippen molar-refractivity contribution in [2.45, 2.75) is 6.54 Å². The van der Waals surface area contributed by atoms with Crippen molar-refractivity contribution in [1.29, 1.82) is 0 Å². The molecule has 0 aliphatic carbocycles. The van der Waals surface area contributed by atoms with E-state index in [1.54, 1.807) is 7.05 Å². The van der Waals surface area contributed by atoms with E-state index in [0.29, 0.717) is 9.47 Å². The van der Waals surface area contributed by atoms with Gasteiger partial charge in [0.05, 0.1) is 0 Å². The lowest BCUT2D eigenvalue weighted by Crippen LogP contribution is -2.24. The SMILES string of the molecule is CNC(=O)Cn1nc(Br)nc1Br. The minimum atomic E-state index is -0.117. The molecule has 1 heterocycles. The molecule has 0 saturated heterocycles. The monoisotopic (exact) mass is 296 g/mol. The van der Waals surface area contributed by atoms with Crippen molar-refractivity contribution in [1.82, 2.24) is 20.1 Å². The lowest BCUT2D eigenvalue weighted by Gasteiger charge is -1.99. The lowest BCUT2D eigenvalue weighted by molar-refractivity contribution is -0.121. The molecule has 5 nitrogen and oxygen atoms in total. The highest BCUT2D eigenvalue weighted by Gasteiger charge is 2.07. The molecule has 0 radical (unpaired) electrons. The standard InChI is InChI=1S/C5H6Br2N4O/c1-8-3(12)2-11-5(7)9-4(6)10-11/h2H2,1H3,(H,8,12). The fourth-order valence-corrected chi connectivity index (χ4v) is 1.58. The molecule has 0 aliphatic rings. The molecular weight excluding hydrogens is 292 g/mol. The molecule has 0 aromatic carbocycles. The Morgan fingerprint density at radius 3 is 2.75 bits per heavy atom. The van der Waals surface area contributed by atoms with Crippen LogP contribution in [0.3, 0.4) is 0 Å². The van der Waals surface area contributed by atoms with Crippen LogP contribution in [0.25, 0.3) is 0 Å². The number of rotatable bonds is 2. The summed E-state index contributed by atoms with van der Waals surface area (Å²) in [6, 6.07) is 0. The number of nitrogens with zero attached hydrogens (tertiary/aromatic N) is 3. The zero-order valence-corrected chi connectivity index (χ0v) is 9.38. The van der Waals surface area contributed by atoms with Gasteiger partial charge in [0.15, 0.2) is 4.73 Å². The minimum Gasteiger partial charge on any atom is -0.358 e. The molecule has 0 unspecified atom stereocenters. The van der Waals surface area contributed by atoms with E-state index in [9.17, 15) is 4.79 Å². The van der Waals surface area contributed by atoms with Crippen molar-refractivity contribution in [2.75, 3.05) is 7.05 Å². The Hall–Kier alpha value is -0.430. The van der Waals surface area contributed by atoms with Gasteiger partial charge in [0, 0.05) is 7.05 Å². The van der Waals surface area contributed by atoms with Crippen molar-refractivity contribution >= 4 is 37.8 Å². The second-order valence-electron chi connectivity index (χ2n) is 1.98.